The van der Waals surface area contributed by atoms with Gasteiger partial charge in [0.15, 0.2) is 0 Å². The molecule has 1 aromatic carbocycles. The Balaban J connectivity index is 2.24. The molecule has 5 nitrogen and oxygen atoms in total. The molecule has 0 saturated heterocycles. The molecule has 1 aromatic rings. The van der Waals surface area contributed by atoms with Gasteiger partial charge in [0, 0.05) is 6.04 Å². The topological polar surface area (TPSA) is 67.4 Å². The van der Waals surface area contributed by atoms with Crippen LogP contribution in [0.3, 0.4) is 0 Å². The fourth-order valence-electron chi connectivity index (χ4n) is 2.02. The molecule has 0 unspecified atom stereocenters. The monoisotopic (exact) mass is 298 g/mol. The van der Waals surface area contributed by atoms with Crippen molar-refractivity contribution in [2.75, 3.05) is 20.2 Å². The summed E-state index contributed by atoms with van der Waals surface area (Å²) in [7, 11) is -1.84. The van der Waals surface area contributed by atoms with Gasteiger partial charge in [-0.25, -0.2) is 13.1 Å². The van der Waals surface area contributed by atoms with Crippen LogP contribution in [0.2, 0.25) is 0 Å². The summed E-state index contributed by atoms with van der Waals surface area (Å²) in [5.41, 5.74) is 0.790. The third kappa shape index (κ3) is 3.94. The molecule has 1 saturated carbocycles. The van der Waals surface area contributed by atoms with Gasteiger partial charge in [-0.05, 0) is 56.1 Å². The van der Waals surface area contributed by atoms with Crippen LogP contribution in [0.5, 0.6) is 5.75 Å². The van der Waals surface area contributed by atoms with Crippen molar-refractivity contribution in [3.8, 4) is 5.75 Å². The molecule has 0 aromatic heterocycles. The average molecular weight is 298 g/mol. The van der Waals surface area contributed by atoms with Crippen molar-refractivity contribution in [1.29, 1.82) is 0 Å². The maximum atomic E-state index is 12.4. The lowest BCUT2D eigenvalue weighted by Gasteiger charge is -2.13. The highest BCUT2D eigenvalue weighted by atomic mass is 32.2. The van der Waals surface area contributed by atoms with Gasteiger partial charge in [-0.3, -0.25) is 0 Å². The van der Waals surface area contributed by atoms with Gasteiger partial charge >= 0.3 is 0 Å². The van der Waals surface area contributed by atoms with E-state index in [9.17, 15) is 8.42 Å². The molecule has 0 amide bonds. The normalized spacial score (nSPS) is 15.3. The largest absolute Gasteiger partial charge is 0.497 e. The molecular formula is C14H22N2O3S. The number of nitrogens with one attached hydrogen (secondary N) is 2. The van der Waals surface area contributed by atoms with E-state index >= 15 is 0 Å². The Bertz CT molecular complexity index is 554. The van der Waals surface area contributed by atoms with Gasteiger partial charge in [0.05, 0.1) is 12.0 Å². The number of hydrogen-bond acceptors (Lipinski definition) is 4. The number of methoxy groups -OCH3 is 1. The fourth-order valence-corrected chi connectivity index (χ4v) is 3.58. The van der Waals surface area contributed by atoms with Gasteiger partial charge in [0.1, 0.15) is 5.75 Å². The minimum absolute atomic E-state index is 0.115. The van der Waals surface area contributed by atoms with E-state index in [4.69, 9.17) is 4.74 Å². The second-order valence-corrected chi connectivity index (χ2v) is 6.66. The van der Waals surface area contributed by atoms with E-state index in [1.807, 2.05) is 6.92 Å². The number of benzene rings is 1. The Morgan fingerprint density at radius 2 is 2.10 bits per heavy atom. The van der Waals surface area contributed by atoms with Gasteiger partial charge in [0.25, 0.3) is 0 Å². The molecule has 1 aliphatic rings. The van der Waals surface area contributed by atoms with Crippen LogP contribution >= 0.6 is 0 Å². The smallest absolute Gasteiger partial charge is 0.241 e. The number of ether oxygens (including phenoxy) is 1. The third-order valence-corrected chi connectivity index (χ3v) is 4.90. The highest BCUT2D eigenvalue weighted by Crippen LogP contribution is 2.26. The lowest BCUT2D eigenvalue weighted by molar-refractivity contribution is 0.413. The van der Waals surface area contributed by atoms with Crippen LogP contribution in [0.4, 0.5) is 0 Å². The summed E-state index contributed by atoms with van der Waals surface area (Å²) >= 11 is 0. The summed E-state index contributed by atoms with van der Waals surface area (Å²) < 4.78 is 32.6. The molecule has 0 aliphatic heterocycles. The van der Waals surface area contributed by atoms with Crippen molar-refractivity contribution < 1.29 is 13.2 Å². The molecule has 1 aliphatic carbocycles. The highest BCUT2D eigenvalue weighted by Gasteiger charge is 2.29. The minimum atomic E-state index is -3.42. The molecule has 112 valence electrons. The standard InChI is InChI=1S/C14H22N2O3S/c1-3-15-9-8-11-10-13(19-2)6-7-14(11)20(17,18)16-12-4-5-12/h6-7,10,12,15-16H,3-5,8-9H2,1-2H3. The van der Waals surface area contributed by atoms with Gasteiger partial charge in [-0.2, -0.15) is 0 Å². The van der Waals surface area contributed by atoms with E-state index in [1.54, 1.807) is 25.3 Å². The summed E-state index contributed by atoms with van der Waals surface area (Å²) in [4.78, 5) is 0.364. The Hall–Kier alpha value is -1.11. The van der Waals surface area contributed by atoms with Crippen LogP contribution in [0.1, 0.15) is 25.3 Å². The van der Waals surface area contributed by atoms with E-state index in [2.05, 4.69) is 10.0 Å². The lowest BCUT2D eigenvalue weighted by Crippen LogP contribution is -2.27. The molecule has 0 heterocycles. The molecule has 2 N–H and O–H groups in total. The first-order valence-electron chi connectivity index (χ1n) is 6.96. The second-order valence-electron chi connectivity index (χ2n) is 4.97. The Labute approximate surface area is 120 Å². The summed E-state index contributed by atoms with van der Waals surface area (Å²) in [5.74, 6) is 0.682. The fraction of sp³-hybridized carbons (Fsp3) is 0.571. The molecular weight excluding hydrogens is 276 g/mol. The number of likely N-dealkylation sites (N-methyl/N-ethyl adjacent to an activating group) is 1. The number of hydrogen-bond donors (Lipinski definition) is 2. The first-order chi connectivity index (χ1) is 9.56. The zero-order valence-electron chi connectivity index (χ0n) is 12.0. The molecule has 0 atom stereocenters. The van der Waals surface area contributed by atoms with Gasteiger partial charge in [-0.1, -0.05) is 6.92 Å². The maximum Gasteiger partial charge on any atom is 0.241 e. The predicted octanol–water partition coefficient (Wildman–Crippen LogP) is 1.29. The molecule has 0 spiro atoms. The Kier molecular flexibility index (Phi) is 5.01. The third-order valence-electron chi connectivity index (χ3n) is 3.28. The molecule has 0 bridgehead atoms. The second kappa shape index (κ2) is 6.56. The molecule has 6 heteroatoms. The van der Waals surface area contributed by atoms with Crippen LogP contribution in [0.25, 0.3) is 0 Å². The van der Waals surface area contributed by atoms with Crippen molar-refractivity contribution >= 4 is 10.0 Å². The van der Waals surface area contributed by atoms with Crippen molar-refractivity contribution in [2.45, 2.75) is 37.1 Å². The summed E-state index contributed by atoms with van der Waals surface area (Å²) in [6.07, 6.45) is 2.52. The lowest BCUT2D eigenvalue weighted by atomic mass is 10.1. The van der Waals surface area contributed by atoms with Crippen LogP contribution in [0, 0.1) is 0 Å². The van der Waals surface area contributed by atoms with Gasteiger partial charge in [0.2, 0.25) is 10.0 Å². The highest BCUT2D eigenvalue weighted by molar-refractivity contribution is 7.89. The zero-order valence-corrected chi connectivity index (χ0v) is 12.8. The predicted molar refractivity (Wildman–Crippen MR) is 78.6 cm³/mol. The van der Waals surface area contributed by atoms with E-state index in [0.29, 0.717) is 17.1 Å². The molecule has 0 radical (unpaired) electrons. The zero-order chi connectivity index (χ0) is 14.6. The summed E-state index contributed by atoms with van der Waals surface area (Å²) in [6, 6.07) is 5.24. The van der Waals surface area contributed by atoms with E-state index in [1.165, 1.54) is 0 Å². The molecule has 1 fully saturated rings. The Morgan fingerprint density at radius 1 is 1.35 bits per heavy atom. The van der Waals surface area contributed by atoms with Crippen LogP contribution in [0.15, 0.2) is 23.1 Å². The van der Waals surface area contributed by atoms with Crippen LogP contribution < -0.4 is 14.8 Å². The van der Waals surface area contributed by atoms with E-state index in [0.717, 1.165) is 31.5 Å². The summed E-state index contributed by atoms with van der Waals surface area (Å²) in [6.45, 7) is 3.64. The van der Waals surface area contributed by atoms with Crippen molar-refractivity contribution in [1.82, 2.24) is 10.0 Å². The van der Waals surface area contributed by atoms with Crippen molar-refractivity contribution in [2.24, 2.45) is 0 Å². The minimum Gasteiger partial charge on any atom is -0.497 e. The quantitative estimate of drug-likeness (QED) is 0.710. The van der Waals surface area contributed by atoms with Crippen LogP contribution in [-0.4, -0.2) is 34.7 Å². The number of sulfonamides is 1. The van der Waals surface area contributed by atoms with E-state index < -0.39 is 10.0 Å². The van der Waals surface area contributed by atoms with Gasteiger partial charge < -0.3 is 10.1 Å². The first-order valence-corrected chi connectivity index (χ1v) is 8.45. The average Bonchev–Trinajstić information content (AvgIpc) is 3.22. The number of rotatable bonds is 8. The van der Waals surface area contributed by atoms with Crippen molar-refractivity contribution in [3.63, 3.8) is 0 Å². The molecule has 20 heavy (non-hydrogen) atoms. The van der Waals surface area contributed by atoms with Gasteiger partial charge in [-0.15, -0.1) is 0 Å². The molecule has 2 rings (SSSR count). The summed E-state index contributed by atoms with van der Waals surface area (Å²) in [5, 5.41) is 3.21. The van der Waals surface area contributed by atoms with E-state index in [-0.39, 0.29) is 6.04 Å². The SMILES string of the molecule is CCNCCc1cc(OC)ccc1S(=O)(=O)NC1CC1. The Morgan fingerprint density at radius 3 is 2.70 bits per heavy atom. The van der Waals surface area contributed by atoms with Crippen LogP contribution in [-0.2, 0) is 16.4 Å². The first kappa shape index (κ1) is 15.3. The van der Waals surface area contributed by atoms with Crippen molar-refractivity contribution in [3.05, 3.63) is 23.8 Å². The maximum absolute atomic E-state index is 12.4.